The smallest absolute Gasteiger partial charge is 0.318 e. The van der Waals surface area contributed by atoms with E-state index in [0.29, 0.717) is 39.1 Å². The lowest BCUT2D eigenvalue weighted by molar-refractivity contribution is -0.137. The van der Waals surface area contributed by atoms with Gasteiger partial charge in [-0.3, -0.25) is 9.69 Å². The lowest BCUT2D eigenvalue weighted by atomic mass is 10.2. The van der Waals surface area contributed by atoms with E-state index in [0.717, 1.165) is 0 Å². The van der Waals surface area contributed by atoms with Gasteiger partial charge in [-0.25, -0.2) is 4.79 Å². The van der Waals surface area contributed by atoms with Crippen molar-refractivity contribution in [3.05, 3.63) is 0 Å². The zero-order chi connectivity index (χ0) is 14.3. The van der Waals surface area contributed by atoms with Gasteiger partial charge in [-0.2, -0.15) is 0 Å². The average molecular weight is 267 g/mol. The Balaban J connectivity index is 2.31. The van der Waals surface area contributed by atoms with Crippen molar-refractivity contribution < 1.29 is 14.7 Å². The molecule has 1 atom stereocenters. The van der Waals surface area contributed by atoms with Gasteiger partial charge in [0.2, 0.25) is 0 Å². The van der Waals surface area contributed by atoms with Crippen molar-refractivity contribution >= 4 is 12.0 Å². The number of carbonyl (C=O) groups is 2. The van der Waals surface area contributed by atoms with Gasteiger partial charge in [-0.05, 0) is 6.42 Å². The molecule has 0 aromatic carbocycles. The second-order valence-electron chi connectivity index (χ2n) is 4.55. The summed E-state index contributed by atoms with van der Waals surface area (Å²) in [5.41, 5.74) is 0. The van der Waals surface area contributed by atoms with Gasteiger partial charge < -0.3 is 15.3 Å². The van der Waals surface area contributed by atoms with E-state index >= 15 is 0 Å². The minimum Gasteiger partial charge on any atom is -0.481 e. The number of hydrogen-bond donors (Lipinski definition) is 2. The fourth-order valence-electron chi connectivity index (χ4n) is 1.93. The number of amides is 2. The van der Waals surface area contributed by atoms with Crippen molar-refractivity contribution in [1.82, 2.24) is 15.1 Å². The predicted molar refractivity (Wildman–Crippen MR) is 71.7 cm³/mol. The molecular weight excluding hydrogens is 246 g/mol. The minimum absolute atomic E-state index is 0.136. The van der Waals surface area contributed by atoms with Gasteiger partial charge in [0.05, 0.1) is 12.5 Å². The van der Waals surface area contributed by atoms with Gasteiger partial charge in [-0.15, -0.1) is 6.42 Å². The van der Waals surface area contributed by atoms with Crippen molar-refractivity contribution in [2.45, 2.75) is 25.8 Å². The maximum atomic E-state index is 11.9. The number of piperazine rings is 1. The van der Waals surface area contributed by atoms with E-state index < -0.39 is 5.97 Å². The van der Waals surface area contributed by atoms with Crippen LogP contribution in [0.2, 0.25) is 0 Å². The highest BCUT2D eigenvalue weighted by atomic mass is 16.4. The number of carboxylic acid groups (broad SMARTS) is 1. The molecule has 1 heterocycles. The Kier molecular flexibility index (Phi) is 6.16. The second-order valence-corrected chi connectivity index (χ2v) is 4.55. The van der Waals surface area contributed by atoms with Crippen molar-refractivity contribution in [2.24, 2.45) is 0 Å². The molecule has 0 aliphatic carbocycles. The standard InChI is InChI=1S/C13H21N3O3/c1-3-11(4-2)14-13(19)16-9-7-15(8-10-16)6-5-12(17)18/h1,11H,4-10H2,2H3,(H,14,19)(H,17,18). The molecule has 2 N–H and O–H groups in total. The molecule has 0 bridgehead atoms. The van der Waals surface area contributed by atoms with Gasteiger partial charge >= 0.3 is 12.0 Å². The van der Waals surface area contributed by atoms with Crippen LogP contribution in [0, 0.1) is 12.3 Å². The molecule has 0 aromatic heterocycles. The molecule has 6 heteroatoms. The Hall–Kier alpha value is -1.74. The third-order valence-electron chi connectivity index (χ3n) is 3.21. The minimum atomic E-state index is -0.792. The quantitative estimate of drug-likeness (QED) is 0.698. The number of nitrogens with one attached hydrogen (secondary N) is 1. The molecule has 1 fully saturated rings. The largest absolute Gasteiger partial charge is 0.481 e. The van der Waals surface area contributed by atoms with Crippen molar-refractivity contribution in [3.63, 3.8) is 0 Å². The van der Waals surface area contributed by atoms with Crippen LogP contribution >= 0.6 is 0 Å². The summed E-state index contributed by atoms with van der Waals surface area (Å²) in [6.45, 7) is 5.07. The monoisotopic (exact) mass is 267 g/mol. The lowest BCUT2D eigenvalue weighted by Crippen LogP contribution is -2.53. The fraction of sp³-hybridized carbons (Fsp3) is 0.692. The molecule has 1 unspecified atom stereocenters. The van der Waals surface area contributed by atoms with Crippen molar-refractivity contribution in [1.29, 1.82) is 0 Å². The van der Waals surface area contributed by atoms with E-state index in [9.17, 15) is 9.59 Å². The Morgan fingerprint density at radius 3 is 2.47 bits per heavy atom. The van der Waals surface area contributed by atoms with E-state index in [1.807, 2.05) is 6.92 Å². The number of nitrogens with zero attached hydrogens (tertiary/aromatic N) is 2. The van der Waals surface area contributed by atoms with Crippen LogP contribution in [-0.2, 0) is 4.79 Å². The molecule has 0 aromatic rings. The molecule has 19 heavy (non-hydrogen) atoms. The summed E-state index contributed by atoms with van der Waals surface area (Å²) in [7, 11) is 0. The predicted octanol–water partition coefficient (Wildman–Crippen LogP) is 0.200. The van der Waals surface area contributed by atoms with E-state index in [1.165, 1.54) is 0 Å². The Morgan fingerprint density at radius 1 is 1.37 bits per heavy atom. The summed E-state index contributed by atoms with van der Waals surface area (Å²) >= 11 is 0. The molecule has 106 valence electrons. The molecule has 0 radical (unpaired) electrons. The summed E-state index contributed by atoms with van der Waals surface area (Å²) in [4.78, 5) is 26.2. The molecule has 1 rings (SSSR count). The van der Waals surface area contributed by atoms with Crippen LogP contribution in [0.5, 0.6) is 0 Å². The lowest BCUT2D eigenvalue weighted by Gasteiger charge is -2.34. The molecule has 0 saturated carbocycles. The number of carboxylic acids is 1. The van der Waals surface area contributed by atoms with Gasteiger partial charge in [0, 0.05) is 32.7 Å². The summed E-state index contributed by atoms with van der Waals surface area (Å²) in [5, 5.41) is 11.4. The first-order valence-electron chi connectivity index (χ1n) is 6.52. The number of aliphatic carboxylic acids is 1. The second kappa shape index (κ2) is 7.64. The van der Waals surface area contributed by atoms with Crippen LogP contribution in [0.3, 0.4) is 0 Å². The van der Waals surface area contributed by atoms with Crippen molar-refractivity contribution in [3.8, 4) is 12.3 Å². The molecule has 2 amide bonds. The molecular formula is C13H21N3O3. The SMILES string of the molecule is C#CC(CC)NC(=O)N1CCN(CCC(=O)O)CC1. The first kappa shape index (κ1) is 15.3. The Labute approximate surface area is 113 Å². The highest BCUT2D eigenvalue weighted by molar-refractivity contribution is 5.75. The number of hydrogen-bond acceptors (Lipinski definition) is 3. The van der Waals surface area contributed by atoms with E-state index in [-0.39, 0.29) is 18.5 Å². The highest BCUT2D eigenvalue weighted by Crippen LogP contribution is 2.03. The molecule has 6 nitrogen and oxygen atoms in total. The maximum Gasteiger partial charge on any atom is 0.318 e. The van der Waals surface area contributed by atoms with Crippen LogP contribution in [0.4, 0.5) is 4.79 Å². The van der Waals surface area contributed by atoms with Gasteiger partial charge in [0.1, 0.15) is 0 Å². The molecule has 1 aliphatic rings. The van der Waals surface area contributed by atoms with E-state index in [1.54, 1.807) is 4.90 Å². The van der Waals surface area contributed by atoms with Gasteiger partial charge in [0.25, 0.3) is 0 Å². The van der Waals surface area contributed by atoms with E-state index in [2.05, 4.69) is 16.1 Å². The maximum absolute atomic E-state index is 11.9. The average Bonchev–Trinajstić information content (AvgIpc) is 2.42. The van der Waals surface area contributed by atoms with Crippen molar-refractivity contribution in [2.75, 3.05) is 32.7 Å². The Morgan fingerprint density at radius 2 is 2.00 bits per heavy atom. The summed E-state index contributed by atoms with van der Waals surface area (Å²) < 4.78 is 0. The topological polar surface area (TPSA) is 72.9 Å². The third kappa shape index (κ3) is 5.18. The Bertz CT molecular complexity index is 357. The van der Waals surface area contributed by atoms with Crippen LogP contribution in [0.15, 0.2) is 0 Å². The van der Waals surface area contributed by atoms with Crippen LogP contribution < -0.4 is 5.32 Å². The normalized spacial score (nSPS) is 17.6. The third-order valence-corrected chi connectivity index (χ3v) is 3.21. The number of rotatable bonds is 5. The number of urea groups is 1. The van der Waals surface area contributed by atoms with Crippen LogP contribution in [-0.4, -0.2) is 65.7 Å². The highest BCUT2D eigenvalue weighted by Gasteiger charge is 2.22. The summed E-state index contributed by atoms with van der Waals surface area (Å²) in [5.74, 6) is 1.74. The van der Waals surface area contributed by atoms with Crippen LogP contribution in [0.25, 0.3) is 0 Å². The first-order valence-corrected chi connectivity index (χ1v) is 6.52. The first-order chi connectivity index (χ1) is 9.06. The molecule has 1 saturated heterocycles. The number of carbonyl (C=O) groups excluding carboxylic acids is 1. The zero-order valence-corrected chi connectivity index (χ0v) is 11.3. The summed E-state index contributed by atoms with van der Waals surface area (Å²) in [6.07, 6.45) is 6.15. The fourth-order valence-corrected chi connectivity index (χ4v) is 1.93. The van der Waals surface area contributed by atoms with Gasteiger partial charge in [0.15, 0.2) is 0 Å². The number of terminal acetylenes is 1. The van der Waals surface area contributed by atoms with Gasteiger partial charge in [-0.1, -0.05) is 12.8 Å². The van der Waals surface area contributed by atoms with E-state index in [4.69, 9.17) is 11.5 Å². The summed E-state index contributed by atoms with van der Waals surface area (Å²) in [6, 6.07) is -0.361. The van der Waals surface area contributed by atoms with Crippen LogP contribution in [0.1, 0.15) is 19.8 Å². The zero-order valence-electron chi connectivity index (χ0n) is 11.3. The molecule has 1 aliphatic heterocycles. The molecule has 0 spiro atoms.